The first kappa shape index (κ1) is 13.5. The van der Waals surface area contributed by atoms with E-state index in [1.165, 1.54) is 24.8 Å². The van der Waals surface area contributed by atoms with Gasteiger partial charge in [-0.1, -0.05) is 18.2 Å². The van der Waals surface area contributed by atoms with Gasteiger partial charge < -0.3 is 14.8 Å². The lowest BCUT2D eigenvalue weighted by atomic mass is 9.99. The Kier molecular flexibility index (Phi) is 4.26. The minimum Gasteiger partial charge on any atom is -0.454 e. The van der Waals surface area contributed by atoms with Crippen molar-refractivity contribution in [1.29, 1.82) is 0 Å². The predicted molar refractivity (Wildman–Crippen MR) is 80.3 cm³/mol. The monoisotopic (exact) mass is 273 g/mol. The molecule has 3 nitrogen and oxygen atoms in total. The van der Waals surface area contributed by atoms with Crippen LogP contribution in [0.15, 0.2) is 30.4 Å². The van der Waals surface area contributed by atoms with E-state index in [-0.39, 0.29) is 0 Å². The molecule has 1 N–H and O–H groups in total. The molecule has 2 unspecified atom stereocenters. The number of rotatable bonds is 5. The molecule has 108 valence electrons. The Labute approximate surface area is 121 Å². The van der Waals surface area contributed by atoms with Gasteiger partial charge in [0.25, 0.3) is 0 Å². The summed E-state index contributed by atoms with van der Waals surface area (Å²) in [6.07, 6.45) is 10.5. The number of hydrogen-bond donors (Lipinski definition) is 1. The molecule has 1 aromatic rings. The highest BCUT2D eigenvalue weighted by Gasteiger charge is 2.15. The summed E-state index contributed by atoms with van der Waals surface area (Å²) in [4.78, 5) is 0. The quantitative estimate of drug-likeness (QED) is 0.834. The Bertz CT molecular complexity index is 484. The summed E-state index contributed by atoms with van der Waals surface area (Å²) in [5.74, 6) is 1.76. The zero-order valence-corrected chi connectivity index (χ0v) is 12.1. The number of fused-ring (bicyclic) bond motifs is 1. The summed E-state index contributed by atoms with van der Waals surface area (Å²) in [5, 5.41) is 3.73. The molecule has 2 aliphatic rings. The fourth-order valence-electron chi connectivity index (χ4n) is 2.91. The van der Waals surface area contributed by atoms with E-state index in [0.717, 1.165) is 24.3 Å². The van der Waals surface area contributed by atoms with Crippen LogP contribution in [0.3, 0.4) is 0 Å². The Balaban J connectivity index is 1.47. The van der Waals surface area contributed by atoms with Gasteiger partial charge in [-0.15, -0.1) is 0 Å². The molecule has 0 saturated heterocycles. The van der Waals surface area contributed by atoms with Gasteiger partial charge in [0, 0.05) is 12.1 Å². The largest absolute Gasteiger partial charge is 0.454 e. The fourth-order valence-corrected chi connectivity index (χ4v) is 2.91. The van der Waals surface area contributed by atoms with Gasteiger partial charge in [-0.25, -0.2) is 0 Å². The van der Waals surface area contributed by atoms with E-state index in [1.54, 1.807) is 0 Å². The fraction of sp³-hybridized carbons (Fsp3) is 0.529. The van der Waals surface area contributed by atoms with Crippen molar-refractivity contribution in [2.75, 3.05) is 6.79 Å². The summed E-state index contributed by atoms with van der Waals surface area (Å²) >= 11 is 0. The Morgan fingerprint density at radius 1 is 1.25 bits per heavy atom. The first-order valence-electron chi connectivity index (χ1n) is 7.61. The van der Waals surface area contributed by atoms with Crippen LogP contribution in [0.25, 0.3) is 0 Å². The molecule has 0 amide bonds. The predicted octanol–water partition coefficient (Wildman–Crippen LogP) is 3.43. The Morgan fingerprint density at radius 3 is 3.00 bits per heavy atom. The number of allylic oxidation sites excluding steroid dienone is 1. The third-order valence-electron chi connectivity index (χ3n) is 4.09. The molecule has 1 aliphatic carbocycles. The number of benzene rings is 1. The van der Waals surface area contributed by atoms with Crippen LogP contribution in [0, 0.1) is 0 Å². The third kappa shape index (κ3) is 3.34. The van der Waals surface area contributed by atoms with Gasteiger partial charge in [0.05, 0.1) is 0 Å². The third-order valence-corrected chi connectivity index (χ3v) is 4.09. The summed E-state index contributed by atoms with van der Waals surface area (Å²) < 4.78 is 10.8. The van der Waals surface area contributed by atoms with E-state index in [2.05, 4.69) is 36.5 Å². The SMILES string of the molecule is CC(CCc1ccc2c(c1)OCO2)NC1CC=CCC1. The van der Waals surface area contributed by atoms with Crippen molar-refractivity contribution in [1.82, 2.24) is 5.32 Å². The molecule has 1 aromatic carbocycles. The maximum atomic E-state index is 5.42. The number of nitrogens with one attached hydrogen (secondary N) is 1. The first-order chi connectivity index (χ1) is 9.81. The van der Waals surface area contributed by atoms with Crippen LogP contribution in [0.5, 0.6) is 11.5 Å². The van der Waals surface area contributed by atoms with Gasteiger partial charge >= 0.3 is 0 Å². The van der Waals surface area contributed by atoms with E-state index in [9.17, 15) is 0 Å². The second kappa shape index (κ2) is 6.31. The van der Waals surface area contributed by atoms with Gasteiger partial charge in [-0.05, 0) is 56.7 Å². The molecular formula is C17H23NO2. The van der Waals surface area contributed by atoms with Crippen LogP contribution in [0.1, 0.15) is 38.2 Å². The lowest BCUT2D eigenvalue weighted by Crippen LogP contribution is -2.37. The first-order valence-corrected chi connectivity index (χ1v) is 7.61. The van der Waals surface area contributed by atoms with Crippen molar-refractivity contribution < 1.29 is 9.47 Å². The van der Waals surface area contributed by atoms with Gasteiger partial charge in [0.2, 0.25) is 6.79 Å². The number of ether oxygens (including phenoxy) is 2. The number of hydrogen-bond acceptors (Lipinski definition) is 3. The van der Waals surface area contributed by atoms with Crippen LogP contribution in [0.4, 0.5) is 0 Å². The van der Waals surface area contributed by atoms with Crippen LogP contribution in [-0.4, -0.2) is 18.9 Å². The molecule has 3 rings (SSSR count). The van der Waals surface area contributed by atoms with Gasteiger partial charge in [0.1, 0.15) is 0 Å². The lowest BCUT2D eigenvalue weighted by molar-refractivity contribution is 0.174. The molecule has 3 heteroatoms. The maximum Gasteiger partial charge on any atom is 0.231 e. The van der Waals surface area contributed by atoms with E-state index < -0.39 is 0 Å². The molecule has 0 radical (unpaired) electrons. The van der Waals surface area contributed by atoms with Crippen LogP contribution >= 0.6 is 0 Å². The highest BCUT2D eigenvalue weighted by atomic mass is 16.7. The molecule has 0 saturated carbocycles. The molecule has 20 heavy (non-hydrogen) atoms. The average molecular weight is 273 g/mol. The van der Waals surface area contributed by atoms with Gasteiger partial charge in [-0.2, -0.15) is 0 Å². The van der Waals surface area contributed by atoms with Crippen molar-refractivity contribution in [3.8, 4) is 11.5 Å². The zero-order valence-electron chi connectivity index (χ0n) is 12.1. The van der Waals surface area contributed by atoms with Crippen molar-refractivity contribution >= 4 is 0 Å². The molecular weight excluding hydrogens is 250 g/mol. The van der Waals surface area contributed by atoms with E-state index >= 15 is 0 Å². The molecule has 1 aliphatic heterocycles. The normalized spacial score (nSPS) is 21.9. The second-order valence-corrected chi connectivity index (χ2v) is 5.78. The van der Waals surface area contributed by atoms with Crippen molar-refractivity contribution in [3.05, 3.63) is 35.9 Å². The van der Waals surface area contributed by atoms with Crippen LogP contribution < -0.4 is 14.8 Å². The smallest absolute Gasteiger partial charge is 0.231 e. The topological polar surface area (TPSA) is 30.5 Å². The van der Waals surface area contributed by atoms with Gasteiger partial charge in [-0.3, -0.25) is 0 Å². The summed E-state index contributed by atoms with van der Waals surface area (Å²) in [7, 11) is 0. The molecule has 0 aromatic heterocycles. The molecule has 0 fully saturated rings. The minimum absolute atomic E-state index is 0.353. The standard InChI is InChI=1S/C17H23NO2/c1-13(18-15-5-3-2-4-6-15)7-8-14-9-10-16-17(11-14)20-12-19-16/h2-3,9-11,13,15,18H,4-8,12H2,1H3. The highest BCUT2D eigenvalue weighted by Crippen LogP contribution is 2.32. The van der Waals surface area contributed by atoms with E-state index in [1.807, 2.05) is 6.07 Å². The second-order valence-electron chi connectivity index (χ2n) is 5.78. The van der Waals surface area contributed by atoms with Crippen molar-refractivity contribution in [2.45, 2.75) is 51.1 Å². The molecule has 0 bridgehead atoms. The van der Waals surface area contributed by atoms with Gasteiger partial charge in [0.15, 0.2) is 11.5 Å². The highest BCUT2D eigenvalue weighted by molar-refractivity contribution is 5.44. The summed E-state index contributed by atoms with van der Waals surface area (Å²) in [6, 6.07) is 7.48. The minimum atomic E-state index is 0.353. The Hall–Kier alpha value is -1.48. The summed E-state index contributed by atoms with van der Waals surface area (Å²) in [6.45, 7) is 2.64. The lowest BCUT2D eigenvalue weighted by Gasteiger charge is -2.24. The van der Waals surface area contributed by atoms with Crippen LogP contribution in [-0.2, 0) is 6.42 Å². The maximum absolute atomic E-state index is 5.42. The van der Waals surface area contributed by atoms with Crippen molar-refractivity contribution in [2.24, 2.45) is 0 Å². The van der Waals surface area contributed by atoms with Crippen LogP contribution in [0.2, 0.25) is 0 Å². The molecule has 1 heterocycles. The van der Waals surface area contributed by atoms with Crippen molar-refractivity contribution in [3.63, 3.8) is 0 Å². The Morgan fingerprint density at radius 2 is 2.15 bits per heavy atom. The average Bonchev–Trinajstić information content (AvgIpc) is 2.93. The van der Waals surface area contributed by atoms with E-state index in [4.69, 9.17) is 9.47 Å². The van der Waals surface area contributed by atoms with E-state index in [0.29, 0.717) is 18.9 Å². The molecule has 2 atom stereocenters. The molecule has 0 spiro atoms. The summed E-state index contributed by atoms with van der Waals surface area (Å²) in [5.41, 5.74) is 1.33. The number of aryl methyl sites for hydroxylation is 1. The zero-order chi connectivity index (χ0) is 13.8.